The molecule has 0 aromatic rings. The monoisotopic (exact) mass is 418 g/mol. The van der Waals surface area contributed by atoms with E-state index in [-0.39, 0.29) is 47.9 Å². The van der Waals surface area contributed by atoms with Gasteiger partial charge >= 0.3 is 17.9 Å². The summed E-state index contributed by atoms with van der Waals surface area (Å²) in [5, 5.41) is 0. The molecule has 1 saturated heterocycles. The van der Waals surface area contributed by atoms with Gasteiger partial charge in [0.1, 0.15) is 12.7 Å². The average molecular weight is 419 g/mol. The molecule has 2 aliphatic carbocycles. The maximum absolute atomic E-state index is 11.9. The molecule has 6 nitrogen and oxygen atoms in total. The molecule has 1 aliphatic heterocycles. The Balaban J connectivity index is 1.91. The Bertz CT molecular complexity index is 768. The minimum atomic E-state index is -0.470. The normalized spacial score (nSPS) is 37.5. The zero-order chi connectivity index (χ0) is 22.1. The van der Waals surface area contributed by atoms with Gasteiger partial charge in [-0.15, -0.1) is 0 Å². The van der Waals surface area contributed by atoms with Crippen LogP contribution in [0.5, 0.6) is 0 Å². The summed E-state index contributed by atoms with van der Waals surface area (Å²) >= 11 is 0. The number of cyclic esters (lactones) is 1. The van der Waals surface area contributed by atoms with Crippen LogP contribution in [0.1, 0.15) is 66.2 Å². The third-order valence-corrected chi connectivity index (χ3v) is 7.68. The first-order chi connectivity index (χ1) is 14.1. The topological polar surface area (TPSA) is 78.9 Å². The van der Waals surface area contributed by atoms with Crippen LogP contribution in [0, 0.1) is 22.7 Å². The quantitative estimate of drug-likeness (QED) is 0.289. The van der Waals surface area contributed by atoms with E-state index in [4.69, 9.17) is 14.2 Å². The molecule has 3 aliphatic rings. The lowest BCUT2D eigenvalue weighted by atomic mass is 9.46. The Kier molecular flexibility index (Phi) is 6.44. The molecule has 166 valence electrons. The fourth-order valence-electron chi connectivity index (χ4n) is 6.14. The molecule has 0 unspecified atom stereocenters. The van der Waals surface area contributed by atoms with Crippen LogP contribution in [0.4, 0.5) is 0 Å². The fourth-order valence-corrected chi connectivity index (χ4v) is 6.14. The highest BCUT2D eigenvalue weighted by atomic mass is 16.6. The van der Waals surface area contributed by atoms with E-state index in [0.29, 0.717) is 19.4 Å². The van der Waals surface area contributed by atoms with Gasteiger partial charge in [0.2, 0.25) is 0 Å². The summed E-state index contributed by atoms with van der Waals surface area (Å²) in [7, 11) is 0. The molecule has 0 bridgehead atoms. The number of carbonyl (C=O) groups is 3. The van der Waals surface area contributed by atoms with Crippen LogP contribution >= 0.6 is 0 Å². The molecule has 0 aromatic heterocycles. The van der Waals surface area contributed by atoms with Crippen LogP contribution in [-0.2, 0) is 28.6 Å². The van der Waals surface area contributed by atoms with Gasteiger partial charge in [-0.3, -0.25) is 9.59 Å². The molecule has 2 saturated carbocycles. The Morgan fingerprint density at radius 2 is 1.93 bits per heavy atom. The van der Waals surface area contributed by atoms with Crippen molar-refractivity contribution in [2.45, 2.75) is 72.3 Å². The van der Waals surface area contributed by atoms with E-state index in [1.807, 2.05) is 6.08 Å². The number of rotatable bonds is 5. The summed E-state index contributed by atoms with van der Waals surface area (Å²) in [6.07, 6.45) is 6.55. The Labute approximate surface area is 179 Å². The van der Waals surface area contributed by atoms with Gasteiger partial charge in [0.25, 0.3) is 0 Å². The minimum absolute atomic E-state index is 0.0829. The predicted octanol–water partition coefficient (Wildman–Crippen LogP) is 4.13. The summed E-state index contributed by atoms with van der Waals surface area (Å²) in [6.45, 7) is 12.3. The summed E-state index contributed by atoms with van der Waals surface area (Å²) in [5.74, 6) is -0.430. The minimum Gasteiger partial charge on any atom is -0.465 e. The third kappa shape index (κ3) is 4.19. The van der Waals surface area contributed by atoms with E-state index in [9.17, 15) is 14.4 Å². The van der Waals surface area contributed by atoms with E-state index in [2.05, 4.69) is 20.4 Å². The van der Waals surface area contributed by atoms with Crippen molar-refractivity contribution < 1.29 is 28.6 Å². The number of carbonyl (C=O) groups excluding carboxylic acids is 3. The lowest BCUT2D eigenvalue weighted by Gasteiger charge is -2.60. The van der Waals surface area contributed by atoms with E-state index in [1.54, 1.807) is 0 Å². The molecule has 0 amide bonds. The van der Waals surface area contributed by atoms with Gasteiger partial charge in [0.15, 0.2) is 0 Å². The number of fused-ring (bicyclic) bond motifs is 1. The second-order valence-corrected chi connectivity index (χ2v) is 9.58. The van der Waals surface area contributed by atoms with Crippen molar-refractivity contribution in [1.82, 2.24) is 0 Å². The van der Waals surface area contributed by atoms with Crippen LogP contribution < -0.4 is 0 Å². The van der Waals surface area contributed by atoms with Gasteiger partial charge in [-0.2, -0.15) is 0 Å². The Morgan fingerprint density at radius 1 is 1.20 bits per heavy atom. The number of hydrogen-bond donors (Lipinski definition) is 0. The van der Waals surface area contributed by atoms with Crippen LogP contribution in [0.3, 0.4) is 0 Å². The molecule has 6 heteroatoms. The van der Waals surface area contributed by atoms with Gasteiger partial charge < -0.3 is 14.2 Å². The van der Waals surface area contributed by atoms with Crippen molar-refractivity contribution in [3.63, 3.8) is 0 Å². The van der Waals surface area contributed by atoms with Crippen LogP contribution in [0.15, 0.2) is 23.8 Å². The fraction of sp³-hybridized carbons (Fsp3) is 0.708. The smallest absolute Gasteiger partial charge is 0.333 e. The van der Waals surface area contributed by atoms with Crippen molar-refractivity contribution in [1.29, 1.82) is 0 Å². The highest BCUT2D eigenvalue weighted by Gasteiger charge is 2.59. The van der Waals surface area contributed by atoms with Crippen molar-refractivity contribution in [3.8, 4) is 0 Å². The maximum atomic E-state index is 11.9. The second kappa shape index (κ2) is 8.56. The van der Waals surface area contributed by atoms with E-state index in [0.717, 1.165) is 31.3 Å². The second-order valence-electron chi connectivity index (χ2n) is 9.58. The molecule has 30 heavy (non-hydrogen) atoms. The molecule has 3 fully saturated rings. The van der Waals surface area contributed by atoms with Gasteiger partial charge in [0, 0.05) is 31.3 Å². The van der Waals surface area contributed by atoms with Crippen molar-refractivity contribution in [2.75, 3.05) is 13.2 Å². The Hall–Kier alpha value is -2.11. The lowest BCUT2D eigenvalue weighted by molar-refractivity contribution is -0.191. The summed E-state index contributed by atoms with van der Waals surface area (Å²) in [5.41, 5.74) is 1.41. The first-order valence-electron chi connectivity index (χ1n) is 10.9. The number of hydrogen-bond acceptors (Lipinski definition) is 6. The molecule has 0 spiro atoms. The average Bonchev–Trinajstić information content (AvgIpc) is 3.07. The van der Waals surface area contributed by atoms with E-state index in [1.165, 1.54) is 19.4 Å². The molecule has 1 heterocycles. The highest BCUT2D eigenvalue weighted by molar-refractivity contribution is 5.90. The molecule has 3 rings (SSSR count). The number of ether oxygens (including phenoxy) is 3. The first kappa shape index (κ1) is 22.6. The predicted molar refractivity (Wildman–Crippen MR) is 111 cm³/mol. The third-order valence-electron chi connectivity index (χ3n) is 7.68. The molecular formula is C24H34O6. The lowest BCUT2D eigenvalue weighted by Crippen LogP contribution is -2.58. The van der Waals surface area contributed by atoms with E-state index < -0.39 is 5.41 Å². The molecule has 5 atom stereocenters. The Morgan fingerprint density at radius 3 is 2.53 bits per heavy atom. The van der Waals surface area contributed by atoms with Crippen LogP contribution in [-0.4, -0.2) is 37.2 Å². The zero-order valence-corrected chi connectivity index (χ0v) is 18.6. The van der Waals surface area contributed by atoms with Gasteiger partial charge in [0.05, 0.1) is 6.61 Å². The van der Waals surface area contributed by atoms with Gasteiger partial charge in [-0.05, 0) is 49.4 Å². The number of esters is 3. The summed E-state index contributed by atoms with van der Waals surface area (Å²) in [4.78, 5) is 35.3. The van der Waals surface area contributed by atoms with Crippen molar-refractivity contribution in [2.24, 2.45) is 22.7 Å². The number of allylic oxidation sites excluding steroid dienone is 2. The molecule has 0 radical (unpaired) electrons. The van der Waals surface area contributed by atoms with Crippen molar-refractivity contribution >= 4 is 17.9 Å². The van der Waals surface area contributed by atoms with Gasteiger partial charge in [-0.1, -0.05) is 32.1 Å². The van der Waals surface area contributed by atoms with Crippen LogP contribution in [0.25, 0.3) is 0 Å². The largest absolute Gasteiger partial charge is 0.465 e. The molecular weight excluding hydrogens is 384 g/mol. The standard InChI is InChI=1S/C24H34O6/c1-15-6-9-20-23(4,19(15)8-7-18-11-13-28-22(18)27)12-10-21(30-17(3)26)24(20,5)14-29-16(2)25/h7,19-21H,1,6,8-14H2,2-5H3/b18-7+/t19-,20-,21-,23+,24+/m1/s1. The zero-order valence-electron chi connectivity index (χ0n) is 18.6. The molecule has 0 aromatic carbocycles. The summed E-state index contributed by atoms with van der Waals surface area (Å²) in [6, 6.07) is 0. The highest BCUT2D eigenvalue weighted by Crippen LogP contribution is 2.62. The van der Waals surface area contributed by atoms with E-state index >= 15 is 0 Å². The maximum Gasteiger partial charge on any atom is 0.333 e. The molecule has 0 N–H and O–H groups in total. The van der Waals surface area contributed by atoms with Crippen LogP contribution in [0.2, 0.25) is 0 Å². The first-order valence-corrected chi connectivity index (χ1v) is 10.9. The van der Waals surface area contributed by atoms with Gasteiger partial charge in [-0.25, -0.2) is 4.79 Å². The SMILES string of the molecule is C=C1CC[C@H]2[C@](C)(COC(C)=O)[C@H](OC(C)=O)CC[C@@]2(C)[C@@H]1C/C=C1\CCOC1=O. The summed E-state index contributed by atoms with van der Waals surface area (Å²) < 4.78 is 16.3. The van der Waals surface area contributed by atoms with Crippen molar-refractivity contribution in [3.05, 3.63) is 23.8 Å².